The molecule has 1 atom stereocenters. The fourth-order valence-corrected chi connectivity index (χ4v) is 4.12. The van der Waals surface area contributed by atoms with Crippen LogP contribution in [0.5, 0.6) is 5.75 Å². The van der Waals surface area contributed by atoms with Crippen LogP contribution in [-0.2, 0) is 10.0 Å². The van der Waals surface area contributed by atoms with Gasteiger partial charge < -0.3 is 20.1 Å². The van der Waals surface area contributed by atoms with Crippen LogP contribution in [0.3, 0.4) is 0 Å². The van der Waals surface area contributed by atoms with Crippen molar-refractivity contribution in [1.82, 2.24) is 25.6 Å². The van der Waals surface area contributed by atoms with Gasteiger partial charge in [-0.1, -0.05) is 28.4 Å². The van der Waals surface area contributed by atoms with Gasteiger partial charge in [-0.3, -0.25) is 9.10 Å². The number of aliphatic hydroxyl groups is 1. The number of carbonyl (C=O) groups is 1. The Hall–Kier alpha value is -2.12. The van der Waals surface area contributed by atoms with Crippen molar-refractivity contribution in [2.24, 2.45) is 0 Å². The predicted molar refractivity (Wildman–Crippen MR) is 125 cm³/mol. The van der Waals surface area contributed by atoms with Gasteiger partial charge in [-0.05, 0) is 25.0 Å². The number of amides is 1. The molecule has 11 nitrogen and oxygen atoms in total. The SMILES string of the molecule is CN(c1[nH]nnc1C(=O)NC[C@@H](O)CN1CCC(Oc2ccc(Cl)c(Cl)c2)CC1)S(C)(=O)=O. The summed E-state index contributed by atoms with van der Waals surface area (Å²) in [5.74, 6) is -0.0186. The molecule has 1 aliphatic heterocycles. The first-order chi connectivity index (χ1) is 15.5. The first-order valence-electron chi connectivity index (χ1n) is 10.2. The first kappa shape index (κ1) is 25.5. The van der Waals surface area contributed by atoms with E-state index in [1.165, 1.54) is 7.05 Å². The number of aliphatic hydroxyl groups excluding tert-OH is 1. The van der Waals surface area contributed by atoms with Crippen molar-refractivity contribution in [3.8, 4) is 5.75 Å². The summed E-state index contributed by atoms with van der Waals surface area (Å²) in [4.78, 5) is 14.5. The van der Waals surface area contributed by atoms with E-state index in [0.29, 0.717) is 22.3 Å². The van der Waals surface area contributed by atoms with Gasteiger partial charge in [0.15, 0.2) is 11.5 Å². The maximum atomic E-state index is 12.4. The Bertz CT molecular complexity index is 1070. The summed E-state index contributed by atoms with van der Waals surface area (Å²) in [6.45, 7) is 1.80. The topological polar surface area (TPSA) is 141 Å². The molecule has 2 aromatic rings. The number of halogens is 2. The largest absolute Gasteiger partial charge is 0.490 e. The maximum absolute atomic E-state index is 12.4. The number of piperidine rings is 1. The van der Waals surface area contributed by atoms with Crippen molar-refractivity contribution in [3.05, 3.63) is 33.9 Å². The van der Waals surface area contributed by atoms with Gasteiger partial charge in [0.05, 0.1) is 22.4 Å². The number of likely N-dealkylation sites (tertiary alicyclic amines) is 1. The minimum Gasteiger partial charge on any atom is -0.490 e. The number of hydrogen-bond acceptors (Lipinski definition) is 8. The fraction of sp³-hybridized carbons (Fsp3) is 0.526. The number of aromatic amines is 1. The molecule has 0 unspecified atom stereocenters. The number of carbonyl (C=O) groups excluding carboxylic acids is 1. The van der Waals surface area contributed by atoms with Crippen molar-refractivity contribution < 1.29 is 23.1 Å². The average molecular weight is 521 g/mol. The van der Waals surface area contributed by atoms with Crippen LogP contribution in [0.4, 0.5) is 5.82 Å². The zero-order chi connectivity index (χ0) is 24.2. The summed E-state index contributed by atoms with van der Waals surface area (Å²) in [5, 5.41) is 23.4. The number of benzene rings is 1. The third kappa shape index (κ3) is 6.93. The van der Waals surface area contributed by atoms with Gasteiger partial charge in [0.1, 0.15) is 11.9 Å². The smallest absolute Gasteiger partial charge is 0.275 e. The zero-order valence-electron chi connectivity index (χ0n) is 18.2. The van der Waals surface area contributed by atoms with Gasteiger partial charge in [0, 0.05) is 39.3 Å². The zero-order valence-corrected chi connectivity index (χ0v) is 20.5. The van der Waals surface area contributed by atoms with Crippen molar-refractivity contribution in [1.29, 1.82) is 0 Å². The molecule has 1 amide bonds. The Labute approximate surface area is 202 Å². The quantitative estimate of drug-likeness (QED) is 0.446. The lowest BCUT2D eigenvalue weighted by molar-refractivity contribution is 0.0593. The second-order valence-corrected chi connectivity index (χ2v) is 10.6. The van der Waals surface area contributed by atoms with Gasteiger partial charge >= 0.3 is 0 Å². The summed E-state index contributed by atoms with van der Waals surface area (Å²) >= 11 is 12.0. The highest BCUT2D eigenvalue weighted by atomic mass is 35.5. The van der Waals surface area contributed by atoms with E-state index in [1.54, 1.807) is 18.2 Å². The van der Waals surface area contributed by atoms with E-state index >= 15 is 0 Å². The molecule has 0 spiro atoms. The van der Waals surface area contributed by atoms with E-state index in [4.69, 9.17) is 27.9 Å². The van der Waals surface area contributed by atoms with Crippen molar-refractivity contribution in [2.45, 2.75) is 25.0 Å². The average Bonchev–Trinajstić information content (AvgIpc) is 3.24. The predicted octanol–water partition coefficient (Wildman–Crippen LogP) is 1.14. The Morgan fingerprint density at radius 1 is 1.36 bits per heavy atom. The van der Waals surface area contributed by atoms with Crippen molar-refractivity contribution in [2.75, 3.05) is 43.8 Å². The number of β-amino-alcohol motifs (C(OH)–C–C–N with tert-alkyl or cyclic N) is 1. The lowest BCUT2D eigenvalue weighted by Crippen LogP contribution is -2.45. The Kier molecular flexibility index (Phi) is 8.40. The van der Waals surface area contributed by atoms with E-state index < -0.39 is 22.0 Å². The van der Waals surface area contributed by atoms with E-state index in [1.807, 2.05) is 0 Å². The second-order valence-electron chi connectivity index (χ2n) is 7.80. The van der Waals surface area contributed by atoms with Gasteiger partial charge in [0.25, 0.3) is 5.91 Å². The molecular weight excluding hydrogens is 495 g/mol. The van der Waals surface area contributed by atoms with E-state index in [9.17, 15) is 18.3 Å². The lowest BCUT2D eigenvalue weighted by Gasteiger charge is -2.33. The maximum Gasteiger partial charge on any atom is 0.275 e. The van der Waals surface area contributed by atoms with Crippen LogP contribution in [0.1, 0.15) is 23.3 Å². The summed E-state index contributed by atoms with van der Waals surface area (Å²) in [5.41, 5.74) is -0.171. The molecule has 3 N–H and O–H groups in total. The van der Waals surface area contributed by atoms with Crippen LogP contribution in [0.2, 0.25) is 10.0 Å². The molecule has 0 saturated carbocycles. The monoisotopic (exact) mass is 520 g/mol. The van der Waals surface area contributed by atoms with Gasteiger partial charge in [-0.15, -0.1) is 5.10 Å². The molecule has 1 aliphatic rings. The molecule has 3 rings (SSSR count). The van der Waals surface area contributed by atoms with E-state index in [0.717, 1.165) is 36.5 Å². The fourth-order valence-electron chi connectivity index (χ4n) is 3.37. The van der Waals surface area contributed by atoms with E-state index in [2.05, 4.69) is 25.6 Å². The second kappa shape index (κ2) is 10.9. The van der Waals surface area contributed by atoms with Crippen molar-refractivity contribution >= 4 is 45.0 Å². The number of nitrogens with one attached hydrogen (secondary N) is 2. The number of sulfonamides is 1. The molecule has 1 fully saturated rings. The molecule has 1 saturated heterocycles. The minimum absolute atomic E-state index is 0.0204. The Balaban J connectivity index is 1.43. The van der Waals surface area contributed by atoms with E-state index in [-0.39, 0.29) is 24.2 Å². The number of anilines is 1. The van der Waals surface area contributed by atoms with Gasteiger partial charge in [0.2, 0.25) is 10.0 Å². The Morgan fingerprint density at radius 3 is 2.70 bits per heavy atom. The molecule has 33 heavy (non-hydrogen) atoms. The Morgan fingerprint density at radius 2 is 2.06 bits per heavy atom. The minimum atomic E-state index is -3.60. The number of aromatic nitrogens is 3. The van der Waals surface area contributed by atoms with Crippen LogP contribution >= 0.6 is 23.2 Å². The van der Waals surface area contributed by atoms with Crippen LogP contribution in [-0.4, -0.2) is 91.4 Å². The summed E-state index contributed by atoms with van der Waals surface area (Å²) in [7, 11) is -2.31. The molecular formula is C19H26Cl2N6O5S. The molecule has 0 aliphatic carbocycles. The molecule has 2 heterocycles. The number of hydrogen-bond donors (Lipinski definition) is 3. The van der Waals surface area contributed by atoms with Crippen LogP contribution in [0.25, 0.3) is 0 Å². The van der Waals surface area contributed by atoms with Gasteiger partial charge in [-0.25, -0.2) is 13.5 Å². The normalized spacial score (nSPS) is 16.4. The number of rotatable bonds is 9. The number of nitrogens with zero attached hydrogens (tertiary/aromatic N) is 4. The third-order valence-corrected chi connectivity index (χ3v) is 7.17. The van der Waals surface area contributed by atoms with Gasteiger partial charge in [-0.2, -0.15) is 0 Å². The summed E-state index contributed by atoms with van der Waals surface area (Å²) in [6, 6.07) is 5.16. The molecule has 0 radical (unpaired) electrons. The van der Waals surface area contributed by atoms with Crippen LogP contribution in [0, 0.1) is 0 Å². The number of ether oxygens (including phenoxy) is 1. The lowest BCUT2D eigenvalue weighted by atomic mass is 10.1. The third-order valence-electron chi connectivity index (χ3n) is 5.25. The molecule has 182 valence electrons. The molecule has 1 aromatic heterocycles. The molecule has 14 heteroatoms. The standard InChI is InChI=1S/C19H26Cl2N6O5S/c1-26(33(2,30)31)18-17(23-25-24-18)19(29)22-10-12(28)11-27-7-5-13(6-8-27)32-14-3-4-15(20)16(21)9-14/h3-4,9,12-13,28H,5-8,10-11H2,1-2H3,(H,22,29)(H,23,24,25)/t12-/m1/s1. The van der Waals surface area contributed by atoms with Crippen LogP contribution in [0.15, 0.2) is 18.2 Å². The first-order valence-corrected chi connectivity index (χ1v) is 12.8. The highest BCUT2D eigenvalue weighted by Crippen LogP contribution is 2.28. The summed E-state index contributed by atoms with van der Waals surface area (Å²) < 4.78 is 30.2. The molecule has 1 aromatic carbocycles. The number of H-pyrrole nitrogens is 1. The highest BCUT2D eigenvalue weighted by Gasteiger charge is 2.25. The highest BCUT2D eigenvalue weighted by molar-refractivity contribution is 7.92. The van der Waals surface area contributed by atoms with Crippen molar-refractivity contribution in [3.63, 3.8) is 0 Å². The van der Waals surface area contributed by atoms with Crippen LogP contribution < -0.4 is 14.4 Å². The summed E-state index contributed by atoms with van der Waals surface area (Å²) in [6.07, 6.45) is 1.77. The molecule has 0 bridgehead atoms.